The van der Waals surface area contributed by atoms with Crippen molar-refractivity contribution in [3.63, 3.8) is 0 Å². The molecule has 0 aromatic rings. The van der Waals surface area contributed by atoms with E-state index in [1.807, 2.05) is 0 Å². The van der Waals surface area contributed by atoms with E-state index in [2.05, 4.69) is 13.8 Å². The van der Waals surface area contributed by atoms with Crippen molar-refractivity contribution in [3.05, 3.63) is 0 Å². The predicted octanol–water partition coefficient (Wildman–Crippen LogP) is 3.80. The second-order valence-corrected chi connectivity index (χ2v) is 5.36. The largest absolute Gasteiger partial charge is 0.870 e. The molecule has 16 heavy (non-hydrogen) atoms. The number of rotatable bonds is 6. The first-order chi connectivity index (χ1) is 7.33. The Kier molecular flexibility index (Phi) is 8.96. The van der Waals surface area contributed by atoms with Crippen molar-refractivity contribution in [2.45, 2.75) is 65.2 Å². The highest BCUT2D eigenvalue weighted by atomic mass is 16.0. The molecule has 0 atom stereocenters. The van der Waals surface area contributed by atoms with Crippen molar-refractivity contribution in [2.24, 2.45) is 0 Å². The summed E-state index contributed by atoms with van der Waals surface area (Å²) in [4.78, 5) is 0. The molecule has 0 aliphatic carbocycles. The lowest BCUT2D eigenvalue weighted by molar-refractivity contribution is -0.927. The van der Waals surface area contributed by atoms with Crippen LogP contribution in [0.2, 0.25) is 0 Å². The second kappa shape index (κ2) is 9.00. The monoisotopic (exact) mass is 229 g/mol. The fraction of sp³-hybridized carbons (Fsp3) is 1.00. The van der Waals surface area contributed by atoms with Gasteiger partial charge in [0.1, 0.15) is 0 Å². The number of quaternary nitrogens is 1. The Morgan fingerprint density at radius 1 is 0.750 bits per heavy atom. The molecule has 1 fully saturated rings. The third kappa shape index (κ3) is 5.31. The fourth-order valence-corrected chi connectivity index (χ4v) is 2.91. The Morgan fingerprint density at radius 2 is 1.19 bits per heavy atom. The van der Waals surface area contributed by atoms with Crippen molar-refractivity contribution >= 4 is 0 Å². The highest BCUT2D eigenvalue weighted by Gasteiger charge is 2.26. The summed E-state index contributed by atoms with van der Waals surface area (Å²) in [5.41, 5.74) is 0. The molecule has 98 valence electrons. The molecule has 1 heterocycles. The van der Waals surface area contributed by atoms with Gasteiger partial charge in [0, 0.05) is 0 Å². The lowest BCUT2D eigenvalue weighted by Crippen LogP contribution is -2.50. The molecule has 0 bridgehead atoms. The molecule has 1 saturated heterocycles. The van der Waals surface area contributed by atoms with Crippen LogP contribution >= 0.6 is 0 Å². The minimum absolute atomic E-state index is 0. The number of unbranched alkanes of at least 4 members (excludes halogenated alkanes) is 2. The quantitative estimate of drug-likeness (QED) is 0.637. The number of hydrogen-bond donors (Lipinski definition) is 0. The molecular formula is C14H31NO. The lowest BCUT2D eigenvalue weighted by atomic mass is 10.2. The van der Waals surface area contributed by atoms with Crippen molar-refractivity contribution in [2.75, 3.05) is 26.2 Å². The molecule has 0 amide bonds. The third-order valence-electron chi connectivity index (χ3n) is 3.99. The molecule has 2 nitrogen and oxygen atoms in total. The predicted molar refractivity (Wildman–Crippen MR) is 69.9 cm³/mol. The molecular weight excluding hydrogens is 198 g/mol. The molecule has 1 aliphatic rings. The Hall–Kier alpha value is -0.0800. The van der Waals surface area contributed by atoms with Crippen molar-refractivity contribution < 1.29 is 9.96 Å². The van der Waals surface area contributed by atoms with E-state index in [1.54, 1.807) is 0 Å². The molecule has 0 radical (unpaired) electrons. The molecule has 1 aliphatic heterocycles. The maximum Gasteiger partial charge on any atom is 0.0786 e. The van der Waals surface area contributed by atoms with Gasteiger partial charge in [0.05, 0.1) is 26.2 Å². The first kappa shape index (κ1) is 15.9. The Labute approximate surface area is 102 Å². The standard InChI is InChI=1S/C14H30N.H2O/c1-3-5-11-15(12-6-4-2)13-9-7-8-10-14-15;/h3-14H2,1-2H3;1H2/q+1;/p-1. The number of hydrogen-bond acceptors (Lipinski definition) is 1. The average Bonchev–Trinajstić information content (AvgIpc) is 2.50. The summed E-state index contributed by atoms with van der Waals surface area (Å²) in [7, 11) is 0. The molecule has 1 rings (SSSR count). The molecule has 0 saturated carbocycles. The van der Waals surface area contributed by atoms with E-state index in [1.165, 1.54) is 82.0 Å². The van der Waals surface area contributed by atoms with Crippen LogP contribution in [0.25, 0.3) is 0 Å². The van der Waals surface area contributed by atoms with Crippen LogP contribution in [0.3, 0.4) is 0 Å². The van der Waals surface area contributed by atoms with Gasteiger partial charge in [-0.25, -0.2) is 0 Å². The van der Waals surface area contributed by atoms with Gasteiger partial charge < -0.3 is 9.96 Å². The third-order valence-corrected chi connectivity index (χ3v) is 3.99. The molecule has 0 aromatic heterocycles. The van der Waals surface area contributed by atoms with Crippen molar-refractivity contribution in [1.29, 1.82) is 0 Å². The zero-order chi connectivity index (χ0) is 11.0. The van der Waals surface area contributed by atoms with E-state index in [0.29, 0.717) is 0 Å². The molecule has 0 spiro atoms. The van der Waals surface area contributed by atoms with Crippen LogP contribution in [0.5, 0.6) is 0 Å². The van der Waals surface area contributed by atoms with E-state index < -0.39 is 0 Å². The highest BCUT2D eigenvalue weighted by molar-refractivity contribution is 4.54. The van der Waals surface area contributed by atoms with E-state index in [0.717, 1.165) is 0 Å². The average molecular weight is 229 g/mol. The SMILES string of the molecule is CCCC[N+]1(CCCC)CCCCCC1.[OH-]. The maximum absolute atomic E-state index is 2.33. The summed E-state index contributed by atoms with van der Waals surface area (Å²) in [5, 5.41) is 0. The summed E-state index contributed by atoms with van der Waals surface area (Å²) in [6, 6.07) is 0. The van der Waals surface area contributed by atoms with Gasteiger partial charge in [-0.15, -0.1) is 0 Å². The van der Waals surface area contributed by atoms with Crippen LogP contribution in [0.15, 0.2) is 0 Å². The Bertz CT molecular complexity index is 141. The number of likely N-dealkylation sites (tertiary alicyclic amines) is 1. The summed E-state index contributed by atoms with van der Waals surface area (Å²) < 4.78 is 1.46. The van der Waals surface area contributed by atoms with Gasteiger partial charge in [-0.1, -0.05) is 26.7 Å². The summed E-state index contributed by atoms with van der Waals surface area (Å²) in [6.07, 6.45) is 11.5. The molecule has 2 heteroatoms. The Balaban J connectivity index is 0.00000225. The normalized spacial score (nSPS) is 19.9. The van der Waals surface area contributed by atoms with Gasteiger partial charge in [0.25, 0.3) is 0 Å². The van der Waals surface area contributed by atoms with Gasteiger partial charge >= 0.3 is 0 Å². The minimum atomic E-state index is 0. The number of nitrogens with zero attached hydrogens (tertiary/aromatic N) is 1. The summed E-state index contributed by atoms with van der Waals surface area (Å²) in [5.74, 6) is 0. The zero-order valence-corrected chi connectivity index (χ0v) is 11.4. The molecule has 1 N–H and O–H groups in total. The first-order valence-electron chi connectivity index (χ1n) is 7.18. The molecule has 0 unspecified atom stereocenters. The first-order valence-corrected chi connectivity index (χ1v) is 7.18. The van der Waals surface area contributed by atoms with Gasteiger partial charge in [0.15, 0.2) is 0 Å². The summed E-state index contributed by atoms with van der Waals surface area (Å²) >= 11 is 0. The summed E-state index contributed by atoms with van der Waals surface area (Å²) in [6.45, 7) is 10.5. The lowest BCUT2D eigenvalue weighted by Gasteiger charge is -2.38. The Morgan fingerprint density at radius 3 is 1.56 bits per heavy atom. The van der Waals surface area contributed by atoms with Crippen molar-refractivity contribution in [1.82, 2.24) is 0 Å². The van der Waals surface area contributed by atoms with Crippen LogP contribution in [-0.2, 0) is 0 Å². The van der Waals surface area contributed by atoms with Gasteiger partial charge in [0.2, 0.25) is 0 Å². The van der Waals surface area contributed by atoms with Crippen LogP contribution in [0, 0.1) is 0 Å². The topological polar surface area (TPSA) is 30.0 Å². The van der Waals surface area contributed by atoms with Crippen LogP contribution in [0.1, 0.15) is 65.2 Å². The highest BCUT2D eigenvalue weighted by Crippen LogP contribution is 2.20. The second-order valence-electron chi connectivity index (χ2n) is 5.36. The van der Waals surface area contributed by atoms with Gasteiger partial charge in [-0.05, 0) is 38.5 Å². The van der Waals surface area contributed by atoms with E-state index in [4.69, 9.17) is 0 Å². The fourth-order valence-electron chi connectivity index (χ4n) is 2.91. The van der Waals surface area contributed by atoms with Crippen LogP contribution in [-0.4, -0.2) is 36.1 Å². The smallest absolute Gasteiger partial charge is 0.0786 e. The van der Waals surface area contributed by atoms with Crippen LogP contribution < -0.4 is 0 Å². The van der Waals surface area contributed by atoms with E-state index in [9.17, 15) is 0 Å². The van der Waals surface area contributed by atoms with Crippen LogP contribution in [0.4, 0.5) is 0 Å². The molecule has 0 aromatic carbocycles. The van der Waals surface area contributed by atoms with E-state index >= 15 is 0 Å². The van der Waals surface area contributed by atoms with Gasteiger partial charge in [-0.2, -0.15) is 0 Å². The van der Waals surface area contributed by atoms with Gasteiger partial charge in [-0.3, -0.25) is 0 Å². The van der Waals surface area contributed by atoms with E-state index in [-0.39, 0.29) is 5.48 Å². The van der Waals surface area contributed by atoms with Crippen molar-refractivity contribution in [3.8, 4) is 0 Å². The maximum atomic E-state index is 2.33. The zero-order valence-electron chi connectivity index (χ0n) is 11.4. The minimum Gasteiger partial charge on any atom is -0.870 e.